The van der Waals surface area contributed by atoms with E-state index in [1.54, 1.807) is 0 Å². The molecule has 1 unspecified atom stereocenters. The van der Waals surface area contributed by atoms with Crippen molar-refractivity contribution in [3.8, 4) is 22.6 Å². The molecule has 1 aliphatic heterocycles. The first-order chi connectivity index (χ1) is 15.2. The molecule has 5 rings (SSSR count). The van der Waals surface area contributed by atoms with E-state index in [4.69, 9.17) is 10.7 Å². The molecule has 31 heavy (non-hydrogen) atoms. The van der Waals surface area contributed by atoms with Gasteiger partial charge in [0.05, 0.1) is 29.3 Å². The third-order valence-corrected chi connectivity index (χ3v) is 6.18. The Labute approximate surface area is 181 Å². The maximum Gasteiger partial charge on any atom is 0.129 e. The molecule has 0 bridgehead atoms. The molecule has 0 saturated carbocycles. The lowest BCUT2D eigenvalue weighted by Gasteiger charge is -2.22. The van der Waals surface area contributed by atoms with E-state index in [1.165, 1.54) is 6.42 Å². The first kappa shape index (κ1) is 19.7. The van der Waals surface area contributed by atoms with Crippen LogP contribution in [0.25, 0.3) is 33.5 Å². The number of rotatable bonds is 5. The molecule has 1 aliphatic rings. The molecule has 5 heterocycles. The summed E-state index contributed by atoms with van der Waals surface area (Å²) in [5.74, 6) is 1.62. The zero-order chi connectivity index (χ0) is 21.2. The number of nitrogens with two attached hydrogens (primary N) is 1. The van der Waals surface area contributed by atoms with Crippen molar-refractivity contribution >= 4 is 16.7 Å². The predicted molar refractivity (Wildman–Crippen MR) is 123 cm³/mol. The van der Waals surface area contributed by atoms with E-state index >= 15 is 0 Å². The first-order valence-corrected chi connectivity index (χ1v) is 11.0. The Hall–Kier alpha value is -3.26. The van der Waals surface area contributed by atoms with Crippen molar-refractivity contribution in [2.45, 2.75) is 32.7 Å². The van der Waals surface area contributed by atoms with E-state index in [9.17, 15) is 0 Å². The van der Waals surface area contributed by atoms with Gasteiger partial charge in [0.25, 0.3) is 0 Å². The molecule has 1 fully saturated rings. The largest absolute Gasteiger partial charge is 0.357 e. The van der Waals surface area contributed by atoms with Crippen LogP contribution in [-0.2, 0) is 6.54 Å². The highest BCUT2D eigenvalue weighted by atomic mass is 15.3. The maximum absolute atomic E-state index is 5.91. The van der Waals surface area contributed by atoms with Gasteiger partial charge in [0, 0.05) is 36.8 Å². The Morgan fingerprint density at radius 2 is 2.10 bits per heavy atom. The summed E-state index contributed by atoms with van der Waals surface area (Å²) in [6.07, 6.45) is 9.16. The maximum atomic E-state index is 5.91. The second-order valence-electron chi connectivity index (χ2n) is 8.17. The van der Waals surface area contributed by atoms with Crippen LogP contribution in [0, 0.1) is 5.92 Å². The Kier molecular flexibility index (Phi) is 5.38. The Balaban J connectivity index is 1.48. The summed E-state index contributed by atoms with van der Waals surface area (Å²) in [5.41, 5.74) is 10.4. The van der Waals surface area contributed by atoms with Gasteiger partial charge >= 0.3 is 0 Å². The number of aryl methyl sites for hydroxylation is 1. The standard InChI is InChI=1S/C23H28N8/c1-2-31-15-17(13-26-31)20-11-18-21(14-25-20)28-29-23(18)19-6-3-7-22(27-19)30-9-4-5-16(12-24)8-10-30/h3,6-7,11,13-16H,2,4-5,8-10,12,24H2,1H3,(H,28,29). The molecule has 1 saturated heterocycles. The molecule has 8 heteroatoms. The lowest BCUT2D eigenvalue weighted by Crippen LogP contribution is -2.25. The molecule has 3 N–H and O–H groups in total. The molecule has 0 amide bonds. The summed E-state index contributed by atoms with van der Waals surface area (Å²) >= 11 is 0. The summed E-state index contributed by atoms with van der Waals surface area (Å²) in [6.45, 7) is 5.69. The van der Waals surface area contributed by atoms with Crippen molar-refractivity contribution in [3.05, 3.63) is 42.9 Å². The van der Waals surface area contributed by atoms with Crippen LogP contribution in [0.15, 0.2) is 42.9 Å². The third kappa shape index (κ3) is 3.90. The summed E-state index contributed by atoms with van der Waals surface area (Å²) in [6, 6.07) is 8.25. The van der Waals surface area contributed by atoms with E-state index in [-0.39, 0.29) is 0 Å². The van der Waals surface area contributed by atoms with Gasteiger partial charge in [-0.3, -0.25) is 14.8 Å². The number of H-pyrrole nitrogens is 1. The number of anilines is 1. The topological polar surface area (TPSA) is 102 Å². The van der Waals surface area contributed by atoms with E-state index in [0.717, 1.165) is 78.4 Å². The normalized spacial score (nSPS) is 17.2. The quantitative estimate of drug-likeness (QED) is 0.517. The van der Waals surface area contributed by atoms with Gasteiger partial charge in [-0.25, -0.2) is 4.98 Å². The minimum absolute atomic E-state index is 0.617. The van der Waals surface area contributed by atoms with Crippen molar-refractivity contribution in [1.82, 2.24) is 29.9 Å². The van der Waals surface area contributed by atoms with Crippen LogP contribution in [-0.4, -0.2) is 49.6 Å². The number of aromatic amines is 1. The van der Waals surface area contributed by atoms with E-state index in [1.807, 2.05) is 29.3 Å². The van der Waals surface area contributed by atoms with Gasteiger partial charge in [0.15, 0.2) is 0 Å². The molecule has 4 aromatic rings. The van der Waals surface area contributed by atoms with Crippen molar-refractivity contribution in [3.63, 3.8) is 0 Å². The van der Waals surface area contributed by atoms with E-state index in [2.05, 4.69) is 50.3 Å². The molecule has 160 valence electrons. The minimum atomic E-state index is 0.617. The van der Waals surface area contributed by atoms with Gasteiger partial charge in [-0.1, -0.05) is 6.07 Å². The highest BCUT2D eigenvalue weighted by Crippen LogP contribution is 2.30. The highest BCUT2D eigenvalue weighted by Gasteiger charge is 2.18. The lowest BCUT2D eigenvalue weighted by atomic mass is 10.0. The van der Waals surface area contributed by atoms with E-state index in [0.29, 0.717) is 5.92 Å². The van der Waals surface area contributed by atoms with Crippen LogP contribution in [0.5, 0.6) is 0 Å². The molecule has 0 aromatic carbocycles. The van der Waals surface area contributed by atoms with Crippen LogP contribution in [0.1, 0.15) is 26.2 Å². The van der Waals surface area contributed by atoms with Gasteiger partial charge < -0.3 is 10.6 Å². The summed E-state index contributed by atoms with van der Waals surface area (Å²) in [5, 5.41) is 13.1. The fourth-order valence-electron chi connectivity index (χ4n) is 4.30. The third-order valence-electron chi connectivity index (χ3n) is 6.18. The van der Waals surface area contributed by atoms with Gasteiger partial charge in [0.1, 0.15) is 11.5 Å². The van der Waals surface area contributed by atoms with Crippen molar-refractivity contribution in [1.29, 1.82) is 0 Å². The zero-order valence-electron chi connectivity index (χ0n) is 17.8. The molecular formula is C23H28N8. The Morgan fingerprint density at radius 1 is 1.16 bits per heavy atom. The van der Waals surface area contributed by atoms with Crippen LogP contribution < -0.4 is 10.6 Å². The molecule has 0 radical (unpaired) electrons. The SMILES string of the molecule is CCn1cc(-c2cc3c(-c4cccc(N5CCCC(CN)CC5)n4)n[nH]c3cn2)cn1. The number of nitrogens with zero attached hydrogens (tertiary/aromatic N) is 6. The molecule has 0 aliphatic carbocycles. The lowest BCUT2D eigenvalue weighted by molar-refractivity contribution is 0.485. The fourth-order valence-corrected chi connectivity index (χ4v) is 4.30. The number of nitrogens with one attached hydrogen (secondary N) is 1. The molecule has 1 atom stereocenters. The van der Waals surface area contributed by atoms with Crippen LogP contribution in [0.3, 0.4) is 0 Å². The second-order valence-corrected chi connectivity index (χ2v) is 8.17. The first-order valence-electron chi connectivity index (χ1n) is 11.0. The highest BCUT2D eigenvalue weighted by molar-refractivity contribution is 5.93. The number of hydrogen-bond donors (Lipinski definition) is 2. The van der Waals surface area contributed by atoms with Gasteiger partial charge in [-0.15, -0.1) is 0 Å². The number of fused-ring (bicyclic) bond motifs is 1. The summed E-state index contributed by atoms with van der Waals surface area (Å²) in [4.78, 5) is 11.9. The van der Waals surface area contributed by atoms with E-state index < -0.39 is 0 Å². The average molecular weight is 417 g/mol. The van der Waals surface area contributed by atoms with Crippen LogP contribution >= 0.6 is 0 Å². The van der Waals surface area contributed by atoms with Crippen LogP contribution in [0.2, 0.25) is 0 Å². The fraction of sp³-hybridized carbons (Fsp3) is 0.391. The molecule has 0 spiro atoms. The van der Waals surface area contributed by atoms with Crippen molar-refractivity contribution in [2.24, 2.45) is 11.7 Å². The zero-order valence-corrected chi connectivity index (χ0v) is 17.8. The van der Waals surface area contributed by atoms with Crippen molar-refractivity contribution < 1.29 is 0 Å². The number of pyridine rings is 2. The smallest absolute Gasteiger partial charge is 0.129 e. The van der Waals surface area contributed by atoms with Gasteiger partial charge in [-0.05, 0) is 56.8 Å². The van der Waals surface area contributed by atoms with Crippen molar-refractivity contribution in [2.75, 3.05) is 24.5 Å². The minimum Gasteiger partial charge on any atom is -0.357 e. The predicted octanol–water partition coefficient (Wildman–Crippen LogP) is 3.47. The molecule has 4 aromatic heterocycles. The van der Waals surface area contributed by atoms with Gasteiger partial charge in [0.2, 0.25) is 0 Å². The van der Waals surface area contributed by atoms with Crippen LogP contribution in [0.4, 0.5) is 5.82 Å². The Morgan fingerprint density at radius 3 is 2.94 bits per heavy atom. The molecular weight excluding hydrogens is 388 g/mol. The Bertz CT molecular complexity index is 1180. The number of aromatic nitrogens is 6. The summed E-state index contributed by atoms with van der Waals surface area (Å²) < 4.78 is 1.90. The number of hydrogen-bond acceptors (Lipinski definition) is 6. The summed E-state index contributed by atoms with van der Waals surface area (Å²) in [7, 11) is 0. The van der Waals surface area contributed by atoms with Gasteiger partial charge in [-0.2, -0.15) is 10.2 Å². The average Bonchev–Trinajstić information content (AvgIpc) is 3.39. The molecule has 8 nitrogen and oxygen atoms in total. The monoisotopic (exact) mass is 416 g/mol. The second kappa shape index (κ2) is 8.47.